The van der Waals surface area contributed by atoms with Crippen LogP contribution in [0.25, 0.3) is 0 Å². The Morgan fingerprint density at radius 1 is 1.71 bits per heavy atom. The van der Waals surface area contributed by atoms with Crippen LogP contribution in [-0.2, 0) is 4.74 Å². The molecule has 0 amide bonds. The Bertz CT molecular complexity index is 543. The smallest absolute Gasteiger partial charge is 0.166 e. The molecule has 116 valence electrons. The maximum atomic E-state index is 14.1. The minimum absolute atomic E-state index is 0.169. The molecule has 2 heterocycles. The number of hydrogen-bond acceptors (Lipinski definition) is 4. The van der Waals surface area contributed by atoms with Crippen molar-refractivity contribution in [3.8, 4) is 0 Å². The Hall–Kier alpha value is -1.34. The molecule has 0 bridgehead atoms. The molecule has 2 rings (SSSR count). The van der Waals surface area contributed by atoms with Gasteiger partial charge >= 0.3 is 0 Å². The van der Waals surface area contributed by atoms with Crippen LogP contribution in [-0.4, -0.2) is 33.4 Å². The van der Waals surface area contributed by atoms with Crippen LogP contribution >= 0.6 is 12.6 Å². The Kier molecular flexibility index (Phi) is 5.41. The molecule has 1 aromatic rings. The van der Waals surface area contributed by atoms with Gasteiger partial charge in [-0.05, 0) is 13.3 Å². The van der Waals surface area contributed by atoms with E-state index in [1.165, 1.54) is 0 Å². The Morgan fingerprint density at radius 3 is 3.10 bits per heavy atom. The average Bonchev–Trinajstić information content (AvgIpc) is 3.02. The van der Waals surface area contributed by atoms with Crippen molar-refractivity contribution in [2.24, 2.45) is 10.7 Å². The molecule has 1 aromatic heterocycles. The lowest BCUT2D eigenvalue weighted by atomic mass is 10.2. The molecular weight excluding hydrogens is 291 g/mol. The maximum Gasteiger partial charge on any atom is 0.166 e. The molecule has 0 radical (unpaired) electrons. The number of alkyl halides is 1. The molecule has 7 heteroatoms. The van der Waals surface area contributed by atoms with E-state index >= 15 is 0 Å². The molecule has 1 aliphatic heterocycles. The lowest BCUT2D eigenvalue weighted by molar-refractivity contribution is -0.0110. The Labute approximate surface area is 129 Å². The van der Waals surface area contributed by atoms with Crippen LogP contribution in [0.2, 0.25) is 0 Å². The Morgan fingerprint density at radius 2 is 2.48 bits per heavy atom. The summed E-state index contributed by atoms with van der Waals surface area (Å²) in [6.45, 7) is 3.84. The summed E-state index contributed by atoms with van der Waals surface area (Å²) in [5, 5.41) is 0. The minimum Gasteiger partial charge on any atom is -0.382 e. The van der Waals surface area contributed by atoms with Crippen LogP contribution in [0.1, 0.15) is 37.4 Å². The van der Waals surface area contributed by atoms with Gasteiger partial charge in [-0.15, -0.1) is 0 Å². The zero-order chi connectivity index (χ0) is 15.4. The molecule has 1 saturated heterocycles. The largest absolute Gasteiger partial charge is 0.382 e. The first-order chi connectivity index (χ1) is 10.1. The average molecular weight is 312 g/mol. The molecule has 2 N–H and O–H groups in total. The van der Waals surface area contributed by atoms with E-state index in [2.05, 4.69) is 22.6 Å². The number of thiol groups is 1. The van der Waals surface area contributed by atoms with Crippen molar-refractivity contribution in [2.45, 2.75) is 45.2 Å². The maximum absolute atomic E-state index is 14.1. The number of allylic oxidation sites excluding steroid dienone is 1. The number of rotatable bonds is 5. The van der Waals surface area contributed by atoms with Crippen LogP contribution < -0.4 is 5.73 Å². The highest BCUT2D eigenvalue weighted by Gasteiger charge is 2.37. The van der Waals surface area contributed by atoms with E-state index in [-0.39, 0.29) is 6.10 Å². The number of nitrogens with zero attached hydrogens (tertiary/aromatic N) is 3. The van der Waals surface area contributed by atoms with Gasteiger partial charge in [0.25, 0.3) is 0 Å². The van der Waals surface area contributed by atoms with Gasteiger partial charge in [0.15, 0.2) is 12.1 Å². The molecule has 0 spiro atoms. The fourth-order valence-electron chi connectivity index (χ4n) is 2.29. The van der Waals surface area contributed by atoms with Gasteiger partial charge in [0.05, 0.1) is 12.4 Å². The molecule has 0 saturated carbocycles. The second-order valence-electron chi connectivity index (χ2n) is 4.98. The molecule has 1 aliphatic rings. The summed E-state index contributed by atoms with van der Waals surface area (Å²) >= 11 is 4.16. The van der Waals surface area contributed by atoms with Crippen molar-refractivity contribution in [3.05, 3.63) is 30.0 Å². The highest BCUT2D eigenvalue weighted by atomic mass is 32.1. The van der Waals surface area contributed by atoms with Crippen molar-refractivity contribution >= 4 is 18.5 Å². The van der Waals surface area contributed by atoms with Gasteiger partial charge in [0.1, 0.15) is 11.9 Å². The third-order valence-corrected chi connectivity index (χ3v) is 3.85. The molecule has 1 fully saturated rings. The van der Waals surface area contributed by atoms with Gasteiger partial charge in [-0.1, -0.05) is 13.0 Å². The second-order valence-corrected chi connectivity index (χ2v) is 5.34. The van der Waals surface area contributed by atoms with E-state index in [0.29, 0.717) is 23.7 Å². The third kappa shape index (κ3) is 3.47. The molecule has 3 atom stereocenters. The van der Waals surface area contributed by atoms with Crippen LogP contribution in [0.5, 0.6) is 0 Å². The molecule has 5 nitrogen and oxygen atoms in total. The van der Waals surface area contributed by atoms with E-state index in [0.717, 1.165) is 12.1 Å². The van der Waals surface area contributed by atoms with E-state index in [1.54, 1.807) is 17.1 Å². The number of ether oxygens (including phenoxy) is 1. The predicted molar refractivity (Wildman–Crippen MR) is 84.4 cm³/mol. The SMILES string of the molecule is CC/C=C/N=C(/N)c1ncn(C2OC(CS)CC2F)c1C. The quantitative estimate of drug-likeness (QED) is 0.498. The van der Waals surface area contributed by atoms with Crippen molar-refractivity contribution in [2.75, 3.05) is 5.75 Å². The second kappa shape index (κ2) is 7.09. The Balaban J connectivity index is 2.21. The first-order valence-electron chi connectivity index (χ1n) is 7.00. The van der Waals surface area contributed by atoms with Gasteiger partial charge in [-0.25, -0.2) is 14.4 Å². The van der Waals surface area contributed by atoms with Gasteiger partial charge in [-0.2, -0.15) is 12.6 Å². The van der Waals surface area contributed by atoms with Crippen molar-refractivity contribution in [3.63, 3.8) is 0 Å². The summed E-state index contributed by atoms with van der Waals surface area (Å²) < 4.78 is 21.4. The zero-order valence-electron chi connectivity index (χ0n) is 12.2. The molecule has 0 aliphatic carbocycles. The van der Waals surface area contributed by atoms with Crippen LogP contribution in [0, 0.1) is 6.92 Å². The highest BCUT2D eigenvalue weighted by molar-refractivity contribution is 7.80. The number of halogens is 1. The summed E-state index contributed by atoms with van der Waals surface area (Å²) in [4.78, 5) is 8.36. The van der Waals surface area contributed by atoms with E-state index in [1.807, 2.05) is 19.9 Å². The van der Waals surface area contributed by atoms with Gasteiger partial charge in [0, 0.05) is 24.1 Å². The zero-order valence-corrected chi connectivity index (χ0v) is 13.1. The van der Waals surface area contributed by atoms with Crippen molar-refractivity contribution < 1.29 is 9.13 Å². The number of imidazole rings is 1. The summed E-state index contributed by atoms with van der Waals surface area (Å²) in [6.07, 6.45) is 4.43. The summed E-state index contributed by atoms with van der Waals surface area (Å²) in [6, 6.07) is 0. The third-order valence-electron chi connectivity index (χ3n) is 3.45. The number of aliphatic imine (C=N–C) groups is 1. The van der Waals surface area contributed by atoms with E-state index < -0.39 is 12.4 Å². The monoisotopic (exact) mass is 312 g/mol. The van der Waals surface area contributed by atoms with Crippen LogP contribution in [0.3, 0.4) is 0 Å². The van der Waals surface area contributed by atoms with E-state index in [4.69, 9.17) is 10.5 Å². The first kappa shape index (κ1) is 16.0. The molecule has 21 heavy (non-hydrogen) atoms. The van der Waals surface area contributed by atoms with Crippen LogP contribution in [0.15, 0.2) is 23.6 Å². The fourth-order valence-corrected chi connectivity index (χ4v) is 2.53. The van der Waals surface area contributed by atoms with Gasteiger partial charge in [0.2, 0.25) is 0 Å². The highest BCUT2D eigenvalue weighted by Crippen LogP contribution is 2.33. The fraction of sp³-hybridized carbons (Fsp3) is 0.571. The van der Waals surface area contributed by atoms with Gasteiger partial charge < -0.3 is 15.0 Å². The van der Waals surface area contributed by atoms with Gasteiger partial charge in [-0.3, -0.25) is 0 Å². The normalized spacial score (nSPS) is 26.9. The topological polar surface area (TPSA) is 65.4 Å². The number of amidine groups is 1. The molecule has 0 aromatic carbocycles. The number of nitrogens with two attached hydrogens (primary N) is 1. The van der Waals surface area contributed by atoms with Crippen molar-refractivity contribution in [1.82, 2.24) is 9.55 Å². The minimum atomic E-state index is -1.07. The standard InChI is InChI=1S/C14H21FN4OS/c1-3-4-5-17-13(16)12-9(2)19(8-18-12)14-11(15)6-10(7-21)20-14/h4-5,8,10-11,14,21H,3,6-7H2,1-2H3,(H2,16,17)/b5-4+. The number of hydrogen-bond donors (Lipinski definition) is 2. The summed E-state index contributed by atoms with van der Waals surface area (Å²) in [7, 11) is 0. The lowest BCUT2D eigenvalue weighted by Crippen LogP contribution is -2.19. The molecule has 3 unspecified atom stereocenters. The number of aromatic nitrogens is 2. The van der Waals surface area contributed by atoms with E-state index in [9.17, 15) is 4.39 Å². The lowest BCUT2D eigenvalue weighted by Gasteiger charge is -2.16. The van der Waals surface area contributed by atoms with Crippen molar-refractivity contribution in [1.29, 1.82) is 0 Å². The molecular formula is C14H21FN4OS. The predicted octanol–water partition coefficient (Wildman–Crippen LogP) is 2.38. The summed E-state index contributed by atoms with van der Waals surface area (Å²) in [5.41, 5.74) is 7.21. The van der Waals surface area contributed by atoms with Crippen LogP contribution in [0.4, 0.5) is 4.39 Å². The summed E-state index contributed by atoms with van der Waals surface area (Å²) in [5.74, 6) is 0.818. The first-order valence-corrected chi connectivity index (χ1v) is 7.64.